The predicted molar refractivity (Wildman–Crippen MR) is 42.8 cm³/mol. The van der Waals surface area contributed by atoms with Gasteiger partial charge in [0, 0.05) is 7.11 Å². The number of carbonyl (C=O) groups is 1. The minimum atomic E-state index is -0.626. The SMILES string of the molecule is COC1C[C@H]2CC(C(=O)O)C[C@H]12. The van der Waals surface area contributed by atoms with Crippen molar-refractivity contribution in [2.24, 2.45) is 17.8 Å². The molecule has 1 N–H and O–H groups in total. The van der Waals surface area contributed by atoms with E-state index in [1.54, 1.807) is 7.11 Å². The van der Waals surface area contributed by atoms with Gasteiger partial charge in [-0.05, 0) is 31.1 Å². The quantitative estimate of drug-likeness (QED) is 0.675. The first kappa shape index (κ1) is 8.05. The minimum absolute atomic E-state index is 0.0971. The molecule has 0 aromatic rings. The first-order valence-corrected chi connectivity index (χ1v) is 4.48. The van der Waals surface area contributed by atoms with Crippen LogP contribution in [0.25, 0.3) is 0 Å². The van der Waals surface area contributed by atoms with Crippen molar-refractivity contribution in [2.45, 2.75) is 25.4 Å². The molecule has 0 saturated heterocycles. The van der Waals surface area contributed by atoms with Crippen molar-refractivity contribution in [3.8, 4) is 0 Å². The summed E-state index contributed by atoms with van der Waals surface area (Å²) in [7, 11) is 1.72. The van der Waals surface area contributed by atoms with E-state index in [0.29, 0.717) is 17.9 Å². The normalized spacial score (nSPS) is 45.1. The topological polar surface area (TPSA) is 46.5 Å². The van der Waals surface area contributed by atoms with Crippen LogP contribution in [0.3, 0.4) is 0 Å². The van der Waals surface area contributed by atoms with E-state index in [0.717, 1.165) is 19.3 Å². The van der Waals surface area contributed by atoms with E-state index in [9.17, 15) is 4.79 Å². The standard InChI is InChI=1S/C9H14O3/c1-12-8-4-5-2-6(9(10)11)3-7(5)8/h5-8H,2-4H2,1H3,(H,10,11)/t5-,6?,7+,8?/m1/s1. The lowest BCUT2D eigenvalue weighted by atomic mass is 9.73. The molecule has 0 aromatic heterocycles. The number of methoxy groups -OCH3 is 1. The third kappa shape index (κ3) is 1.04. The molecule has 2 aliphatic rings. The molecule has 2 aliphatic carbocycles. The van der Waals surface area contributed by atoms with Crippen LogP contribution >= 0.6 is 0 Å². The monoisotopic (exact) mass is 170 g/mol. The summed E-state index contributed by atoms with van der Waals surface area (Å²) in [5.74, 6) is 0.451. The van der Waals surface area contributed by atoms with E-state index < -0.39 is 5.97 Å². The summed E-state index contributed by atoms with van der Waals surface area (Å²) < 4.78 is 5.24. The van der Waals surface area contributed by atoms with E-state index >= 15 is 0 Å². The fourth-order valence-electron chi connectivity index (χ4n) is 2.63. The second-order valence-electron chi connectivity index (χ2n) is 3.94. The van der Waals surface area contributed by atoms with Gasteiger partial charge in [0.15, 0.2) is 0 Å². The van der Waals surface area contributed by atoms with Gasteiger partial charge < -0.3 is 9.84 Å². The van der Waals surface area contributed by atoms with Crippen LogP contribution in [0.2, 0.25) is 0 Å². The summed E-state index contributed by atoms with van der Waals surface area (Å²) in [5.41, 5.74) is 0. The van der Waals surface area contributed by atoms with Crippen LogP contribution in [0, 0.1) is 17.8 Å². The summed E-state index contributed by atoms with van der Waals surface area (Å²) in [4.78, 5) is 10.7. The molecular formula is C9H14O3. The second-order valence-corrected chi connectivity index (χ2v) is 3.94. The molecular weight excluding hydrogens is 156 g/mol. The number of hydrogen-bond acceptors (Lipinski definition) is 2. The Morgan fingerprint density at radius 2 is 2.17 bits per heavy atom. The molecule has 12 heavy (non-hydrogen) atoms. The zero-order valence-electron chi connectivity index (χ0n) is 7.19. The van der Waals surface area contributed by atoms with Crippen LogP contribution in [0.4, 0.5) is 0 Å². The van der Waals surface area contributed by atoms with Crippen molar-refractivity contribution in [3.63, 3.8) is 0 Å². The molecule has 2 fully saturated rings. The van der Waals surface area contributed by atoms with E-state index in [-0.39, 0.29) is 5.92 Å². The lowest BCUT2D eigenvalue weighted by Gasteiger charge is -2.39. The lowest BCUT2D eigenvalue weighted by molar-refractivity contribution is -0.141. The van der Waals surface area contributed by atoms with E-state index in [4.69, 9.17) is 9.84 Å². The number of hydrogen-bond donors (Lipinski definition) is 1. The van der Waals surface area contributed by atoms with Gasteiger partial charge in [-0.15, -0.1) is 0 Å². The lowest BCUT2D eigenvalue weighted by Crippen LogP contribution is -2.38. The largest absolute Gasteiger partial charge is 0.481 e. The van der Waals surface area contributed by atoms with Gasteiger partial charge in [0.25, 0.3) is 0 Å². The number of rotatable bonds is 2. The Morgan fingerprint density at radius 3 is 2.75 bits per heavy atom. The Kier molecular flexibility index (Phi) is 1.83. The van der Waals surface area contributed by atoms with Crippen LogP contribution < -0.4 is 0 Å². The molecule has 3 nitrogen and oxygen atoms in total. The van der Waals surface area contributed by atoms with Gasteiger partial charge in [0.05, 0.1) is 12.0 Å². The number of ether oxygens (including phenoxy) is 1. The Labute approximate surface area is 71.7 Å². The van der Waals surface area contributed by atoms with Gasteiger partial charge in [-0.25, -0.2) is 0 Å². The first-order valence-electron chi connectivity index (χ1n) is 4.48. The van der Waals surface area contributed by atoms with Crippen molar-refractivity contribution in [3.05, 3.63) is 0 Å². The maximum Gasteiger partial charge on any atom is 0.306 e. The van der Waals surface area contributed by atoms with E-state index in [1.165, 1.54) is 0 Å². The molecule has 0 radical (unpaired) electrons. The van der Waals surface area contributed by atoms with Crippen LogP contribution in [0.5, 0.6) is 0 Å². The molecule has 0 aromatic carbocycles. The van der Waals surface area contributed by atoms with Gasteiger partial charge in [-0.1, -0.05) is 0 Å². The second kappa shape index (κ2) is 2.73. The summed E-state index contributed by atoms with van der Waals surface area (Å²) in [6.07, 6.45) is 3.13. The highest BCUT2D eigenvalue weighted by molar-refractivity contribution is 5.70. The van der Waals surface area contributed by atoms with Gasteiger partial charge in [0.1, 0.15) is 0 Å². The summed E-state index contributed by atoms with van der Waals surface area (Å²) >= 11 is 0. The molecule has 3 heteroatoms. The van der Waals surface area contributed by atoms with Crippen molar-refractivity contribution < 1.29 is 14.6 Å². The molecule has 0 bridgehead atoms. The van der Waals surface area contributed by atoms with Gasteiger partial charge in [-0.3, -0.25) is 4.79 Å². The summed E-state index contributed by atoms with van der Waals surface area (Å²) in [6, 6.07) is 0. The fourth-order valence-corrected chi connectivity index (χ4v) is 2.63. The molecule has 0 spiro atoms. The molecule has 2 rings (SSSR count). The minimum Gasteiger partial charge on any atom is -0.481 e. The number of fused-ring (bicyclic) bond motifs is 1. The van der Waals surface area contributed by atoms with Crippen molar-refractivity contribution in [2.75, 3.05) is 7.11 Å². The van der Waals surface area contributed by atoms with Crippen molar-refractivity contribution in [1.29, 1.82) is 0 Å². The average Bonchev–Trinajstić information content (AvgIpc) is 2.30. The highest BCUT2D eigenvalue weighted by atomic mass is 16.5. The maximum absolute atomic E-state index is 10.7. The highest BCUT2D eigenvalue weighted by Gasteiger charge is 2.49. The third-order valence-corrected chi connectivity index (χ3v) is 3.41. The third-order valence-electron chi connectivity index (χ3n) is 3.41. The predicted octanol–water partition coefficient (Wildman–Crippen LogP) is 1.13. The Balaban J connectivity index is 1.94. The molecule has 4 atom stereocenters. The van der Waals surface area contributed by atoms with Crippen LogP contribution in [-0.4, -0.2) is 24.3 Å². The molecule has 0 aliphatic heterocycles. The number of carboxylic acid groups (broad SMARTS) is 1. The highest BCUT2D eigenvalue weighted by Crippen LogP contribution is 2.50. The Hall–Kier alpha value is -0.570. The molecule has 68 valence electrons. The maximum atomic E-state index is 10.7. The Bertz CT molecular complexity index is 202. The molecule has 2 unspecified atom stereocenters. The van der Waals surface area contributed by atoms with E-state index in [1.807, 2.05) is 0 Å². The Morgan fingerprint density at radius 1 is 1.42 bits per heavy atom. The van der Waals surface area contributed by atoms with Crippen molar-refractivity contribution in [1.82, 2.24) is 0 Å². The molecule has 2 saturated carbocycles. The van der Waals surface area contributed by atoms with Crippen molar-refractivity contribution >= 4 is 5.97 Å². The first-order chi connectivity index (χ1) is 5.72. The average molecular weight is 170 g/mol. The van der Waals surface area contributed by atoms with Gasteiger partial charge in [0.2, 0.25) is 0 Å². The zero-order valence-corrected chi connectivity index (χ0v) is 7.19. The molecule has 0 heterocycles. The van der Waals surface area contributed by atoms with Crippen LogP contribution in [-0.2, 0) is 9.53 Å². The van der Waals surface area contributed by atoms with Gasteiger partial charge in [-0.2, -0.15) is 0 Å². The smallest absolute Gasteiger partial charge is 0.306 e. The summed E-state index contributed by atoms with van der Waals surface area (Å²) in [6.45, 7) is 0. The number of aliphatic carboxylic acids is 1. The van der Waals surface area contributed by atoms with E-state index in [2.05, 4.69) is 0 Å². The fraction of sp³-hybridized carbons (Fsp3) is 0.889. The van der Waals surface area contributed by atoms with Crippen LogP contribution in [0.15, 0.2) is 0 Å². The number of carboxylic acids is 1. The molecule has 0 amide bonds. The summed E-state index contributed by atoms with van der Waals surface area (Å²) in [5, 5.41) is 8.79. The zero-order chi connectivity index (χ0) is 8.72. The van der Waals surface area contributed by atoms with Gasteiger partial charge >= 0.3 is 5.97 Å². The van der Waals surface area contributed by atoms with Crippen LogP contribution in [0.1, 0.15) is 19.3 Å².